The van der Waals surface area contributed by atoms with E-state index >= 15 is 0 Å². The molecule has 1 atom stereocenters. The fourth-order valence-electron chi connectivity index (χ4n) is 3.65. The summed E-state index contributed by atoms with van der Waals surface area (Å²) < 4.78 is 5.03. The van der Waals surface area contributed by atoms with Gasteiger partial charge in [-0.1, -0.05) is 25.7 Å². The molecule has 1 saturated carbocycles. The van der Waals surface area contributed by atoms with Gasteiger partial charge in [0.05, 0.1) is 6.61 Å². The summed E-state index contributed by atoms with van der Waals surface area (Å²) in [5.41, 5.74) is 0. The Bertz CT molecular complexity index is 288. The van der Waals surface area contributed by atoms with E-state index < -0.39 is 0 Å². The zero-order valence-electron chi connectivity index (χ0n) is 12.9. The number of carbonyl (C=O) groups excluding carboxylic acids is 1. The van der Waals surface area contributed by atoms with Crippen LogP contribution in [0.2, 0.25) is 0 Å². The highest BCUT2D eigenvalue weighted by molar-refractivity contribution is 5.79. The molecule has 2 aliphatic rings. The zero-order valence-corrected chi connectivity index (χ0v) is 12.9. The van der Waals surface area contributed by atoms with E-state index in [1.54, 1.807) is 7.11 Å². The fourth-order valence-corrected chi connectivity index (χ4v) is 3.65. The topological polar surface area (TPSA) is 41.6 Å². The third kappa shape index (κ3) is 4.45. The Morgan fingerprint density at radius 2 is 1.90 bits per heavy atom. The molecular weight excluding hydrogens is 252 g/mol. The molecule has 4 nitrogen and oxygen atoms in total. The van der Waals surface area contributed by atoms with Crippen molar-refractivity contribution in [3.63, 3.8) is 0 Å². The molecule has 1 heterocycles. The lowest BCUT2D eigenvalue weighted by atomic mass is 10.0. The zero-order chi connectivity index (χ0) is 14.2. The van der Waals surface area contributed by atoms with E-state index in [1.807, 2.05) is 0 Å². The van der Waals surface area contributed by atoms with Gasteiger partial charge in [0.1, 0.15) is 0 Å². The summed E-state index contributed by atoms with van der Waals surface area (Å²) in [5, 5.41) is 3.40. The van der Waals surface area contributed by atoms with Crippen LogP contribution < -0.4 is 5.32 Å². The first-order valence-corrected chi connectivity index (χ1v) is 8.33. The van der Waals surface area contributed by atoms with Gasteiger partial charge in [0.2, 0.25) is 5.91 Å². The molecule has 1 aliphatic heterocycles. The van der Waals surface area contributed by atoms with Crippen LogP contribution in [0.25, 0.3) is 0 Å². The minimum atomic E-state index is 0.402. The molecule has 116 valence electrons. The molecule has 0 aromatic carbocycles. The molecule has 1 aliphatic carbocycles. The summed E-state index contributed by atoms with van der Waals surface area (Å²) >= 11 is 0. The Balaban J connectivity index is 1.79. The van der Waals surface area contributed by atoms with Crippen molar-refractivity contribution in [1.82, 2.24) is 10.2 Å². The first-order chi connectivity index (χ1) is 9.83. The van der Waals surface area contributed by atoms with Crippen LogP contribution in [0.15, 0.2) is 0 Å². The van der Waals surface area contributed by atoms with Crippen LogP contribution in [0.3, 0.4) is 0 Å². The van der Waals surface area contributed by atoms with Crippen molar-refractivity contribution in [1.29, 1.82) is 0 Å². The molecule has 1 saturated heterocycles. The predicted molar refractivity (Wildman–Crippen MR) is 80.7 cm³/mol. The molecule has 0 bridgehead atoms. The minimum Gasteiger partial charge on any atom is -0.383 e. The molecule has 0 spiro atoms. The number of nitrogens with zero attached hydrogens (tertiary/aromatic N) is 1. The van der Waals surface area contributed by atoms with Crippen LogP contribution in [0.4, 0.5) is 0 Å². The smallest absolute Gasteiger partial charge is 0.223 e. The number of amides is 1. The Morgan fingerprint density at radius 1 is 1.15 bits per heavy atom. The van der Waals surface area contributed by atoms with Crippen molar-refractivity contribution >= 4 is 5.91 Å². The molecule has 2 fully saturated rings. The van der Waals surface area contributed by atoms with E-state index in [-0.39, 0.29) is 0 Å². The van der Waals surface area contributed by atoms with Crippen molar-refractivity contribution in [2.45, 2.75) is 69.9 Å². The fraction of sp³-hybridized carbons (Fsp3) is 0.938. The Labute approximate surface area is 123 Å². The minimum absolute atomic E-state index is 0.402. The Morgan fingerprint density at radius 3 is 2.60 bits per heavy atom. The predicted octanol–water partition coefficient (Wildman–Crippen LogP) is 2.33. The SMILES string of the molecule is COCCNCCC1CCC(=O)N1C1CCCCCC1. The van der Waals surface area contributed by atoms with E-state index in [4.69, 9.17) is 4.74 Å². The number of methoxy groups -OCH3 is 1. The van der Waals surface area contributed by atoms with E-state index in [0.29, 0.717) is 18.0 Å². The third-order valence-electron chi connectivity index (χ3n) is 4.73. The van der Waals surface area contributed by atoms with Gasteiger partial charge < -0.3 is 15.0 Å². The van der Waals surface area contributed by atoms with Crippen LogP contribution in [0, 0.1) is 0 Å². The van der Waals surface area contributed by atoms with Gasteiger partial charge in [-0.2, -0.15) is 0 Å². The summed E-state index contributed by atoms with van der Waals surface area (Å²) in [6.07, 6.45) is 10.6. The molecule has 0 aromatic rings. The lowest BCUT2D eigenvalue weighted by Crippen LogP contribution is -2.43. The van der Waals surface area contributed by atoms with Crippen LogP contribution in [-0.2, 0) is 9.53 Å². The average molecular weight is 282 g/mol. The van der Waals surface area contributed by atoms with Gasteiger partial charge in [-0.3, -0.25) is 4.79 Å². The summed E-state index contributed by atoms with van der Waals surface area (Å²) in [7, 11) is 1.73. The number of nitrogens with one attached hydrogen (secondary N) is 1. The second kappa shape index (κ2) is 8.63. The van der Waals surface area contributed by atoms with Crippen molar-refractivity contribution in [2.24, 2.45) is 0 Å². The summed E-state index contributed by atoms with van der Waals surface area (Å²) in [6, 6.07) is 0.997. The molecule has 2 rings (SSSR count). The normalized spacial score (nSPS) is 25.1. The van der Waals surface area contributed by atoms with Crippen LogP contribution >= 0.6 is 0 Å². The number of hydrogen-bond acceptors (Lipinski definition) is 3. The highest BCUT2D eigenvalue weighted by Gasteiger charge is 2.35. The van der Waals surface area contributed by atoms with Gasteiger partial charge >= 0.3 is 0 Å². The van der Waals surface area contributed by atoms with E-state index in [1.165, 1.54) is 38.5 Å². The van der Waals surface area contributed by atoms with Crippen molar-refractivity contribution in [2.75, 3.05) is 26.8 Å². The maximum atomic E-state index is 12.2. The second-order valence-electron chi connectivity index (χ2n) is 6.17. The Kier molecular flexibility index (Phi) is 6.80. The largest absolute Gasteiger partial charge is 0.383 e. The average Bonchev–Trinajstić information content (AvgIpc) is 2.67. The molecular formula is C16H30N2O2. The lowest BCUT2D eigenvalue weighted by Gasteiger charge is -2.33. The molecule has 0 radical (unpaired) electrons. The first-order valence-electron chi connectivity index (χ1n) is 8.33. The standard InChI is InChI=1S/C16H30N2O2/c1-20-13-12-17-11-10-15-8-9-16(19)18(15)14-6-4-2-3-5-7-14/h14-15,17H,2-13H2,1H3. The Hall–Kier alpha value is -0.610. The highest BCUT2D eigenvalue weighted by Crippen LogP contribution is 2.30. The molecule has 1 N–H and O–H groups in total. The van der Waals surface area contributed by atoms with Gasteiger partial charge in [-0.25, -0.2) is 0 Å². The third-order valence-corrected chi connectivity index (χ3v) is 4.73. The molecule has 1 amide bonds. The van der Waals surface area contributed by atoms with Crippen molar-refractivity contribution in [3.8, 4) is 0 Å². The van der Waals surface area contributed by atoms with Crippen LogP contribution in [0.5, 0.6) is 0 Å². The van der Waals surface area contributed by atoms with Gasteiger partial charge in [-0.05, 0) is 32.2 Å². The van der Waals surface area contributed by atoms with Crippen molar-refractivity contribution < 1.29 is 9.53 Å². The maximum Gasteiger partial charge on any atom is 0.223 e. The van der Waals surface area contributed by atoms with Crippen molar-refractivity contribution in [3.05, 3.63) is 0 Å². The first kappa shape index (κ1) is 15.8. The number of hydrogen-bond donors (Lipinski definition) is 1. The molecule has 1 unspecified atom stereocenters. The summed E-state index contributed by atoms with van der Waals surface area (Å²) in [5.74, 6) is 0.402. The van der Waals surface area contributed by atoms with Gasteiger partial charge in [-0.15, -0.1) is 0 Å². The van der Waals surface area contributed by atoms with E-state index in [2.05, 4.69) is 10.2 Å². The second-order valence-corrected chi connectivity index (χ2v) is 6.17. The van der Waals surface area contributed by atoms with E-state index in [9.17, 15) is 4.79 Å². The molecule has 4 heteroatoms. The molecule has 0 aromatic heterocycles. The lowest BCUT2D eigenvalue weighted by molar-refractivity contribution is -0.131. The highest BCUT2D eigenvalue weighted by atomic mass is 16.5. The quantitative estimate of drug-likeness (QED) is 0.575. The maximum absolute atomic E-state index is 12.2. The number of rotatable bonds is 7. The van der Waals surface area contributed by atoms with E-state index in [0.717, 1.165) is 39.0 Å². The number of likely N-dealkylation sites (tertiary alicyclic amines) is 1. The summed E-state index contributed by atoms with van der Waals surface area (Å²) in [6.45, 7) is 2.65. The van der Waals surface area contributed by atoms with Crippen LogP contribution in [-0.4, -0.2) is 49.7 Å². The summed E-state index contributed by atoms with van der Waals surface area (Å²) in [4.78, 5) is 14.5. The van der Waals surface area contributed by atoms with Gasteiger partial charge in [0, 0.05) is 32.2 Å². The number of carbonyl (C=O) groups is 1. The van der Waals surface area contributed by atoms with Gasteiger partial charge in [0.15, 0.2) is 0 Å². The molecule has 20 heavy (non-hydrogen) atoms. The van der Waals surface area contributed by atoms with Gasteiger partial charge in [0.25, 0.3) is 0 Å². The van der Waals surface area contributed by atoms with Crippen LogP contribution in [0.1, 0.15) is 57.8 Å². The monoisotopic (exact) mass is 282 g/mol. The number of ether oxygens (including phenoxy) is 1.